The van der Waals surface area contributed by atoms with Crippen molar-refractivity contribution in [2.24, 2.45) is 0 Å². The number of hydrogen-bond donors (Lipinski definition) is 0. The molecule has 5 rings (SSSR count). The Hall–Kier alpha value is -7.67. The smallest absolute Gasteiger partial charge is 0.230 e. The molecular weight excluding hydrogens is 589 g/mol. The lowest BCUT2D eigenvalue weighted by molar-refractivity contribution is 0.617. The Labute approximate surface area is 259 Å². The average molecular weight is 599 g/mol. The van der Waals surface area contributed by atoms with Gasteiger partial charge in [-0.05, 0) is 52.9 Å². The van der Waals surface area contributed by atoms with E-state index in [0.717, 1.165) is 0 Å². The molecule has 2 aliphatic rings. The van der Waals surface area contributed by atoms with Gasteiger partial charge in [0.25, 0.3) is 0 Å². The minimum atomic E-state index is -1.34. The average Bonchev–Trinajstić information content (AvgIpc) is 3.54. The van der Waals surface area contributed by atoms with Crippen LogP contribution in [0.15, 0.2) is 48.1 Å². The second-order valence-electron chi connectivity index (χ2n) is 9.70. The van der Waals surface area contributed by atoms with Gasteiger partial charge in [0, 0.05) is 22.3 Å². The number of rotatable bonds is 2. The zero-order valence-corrected chi connectivity index (χ0v) is 23.2. The molecule has 0 bridgehead atoms. The predicted molar refractivity (Wildman–Crippen MR) is 160 cm³/mol. The molecule has 0 heterocycles. The van der Waals surface area contributed by atoms with Crippen molar-refractivity contribution in [3.8, 4) is 24.3 Å². The van der Waals surface area contributed by atoms with Gasteiger partial charge in [-0.1, -0.05) is 18.2 Å². The molecule has 0 fully saturated rings. The molecular formula is C35H9F3N8. The Morgan fingerprint density at radius 2 is 1.26 bits per heavy atom. The Bertz CT molecular complexity index is 2250. The van der Waals surface area contributed by atoms with Crippen LogP contribution in [0.3, 0.4) is 0 Å². The third-order valence-corrected chi connectivity index (χ3v) is 7.39. The SMILES string of the molecule is [C-]#[N+]C1=C(F)/C(=C(/C#N)c2cc([N+]#[C-])cc([N+]#[C-])c2)c2c(F)c3c(c(C)c21)/C(=C(\[N+]#[C-])c1cc(C#N)cc(C#N)c1)C(F)=C3C#N. The fourth-order valence-corrected chi connectivity index (χ4v) is 5.56. The van der Waals surface area contributed by atoms with Gasteiger partial charge in [0.05, 0.1) is 60.7 Å². The zero-order chi connectivity index (χ0) is 33.4. The maximum atomic E-state index is 16.8. The van der Waals surface area contributed by atoms with E-state index in [9.17, 15) is 21.0 Å². The Kier molecular flexibility index (Phi) is 7.26. The van der Waals surface area contributed by atoms with Gasteiger partial charge in [0.2, 0.25) is 11.4 Å². The van der Waals surface area contributed by atoms with Crippen LogP contribution in [0.4, 0.5) is 24.5 Å². The molecule has 2 aliphatic carbocycles. The van der Waals surface area contributed by atoms with E-state index in [2.05, 4.69) is 19.4 Å². The number of halogens is 3. The van der Waals surface area contributed by atoms with Crippen LogP contribution >= 0.6 is 0 Å². The number of benzene rings is 3. The van der Waals surface area contributed by atoms with Crippen molar-refractivity contribution in [2.75, 3.05) is 0 Å². The summed E-state index contributed by atoms with van der Waals surface area (Å²) in [6, 6.07) is 14.4. The monoisotopic (exact) mass is 598 g/mol. The number of allylic oxidation sites excluding steroid dienone is 6. The van der Waals surface area contributed by atoms with Gasteiger partial charge in [-0.15, -0.1) is 0 Å². The minimum Gasteiger partial charge on any atom is -0.239 e. The van der Waals surface area contributed by atoms with E-state index in [1.807, 2.05) is 12.1 Å². The quantitative estimate of drug-likeness (QED) is 0.216. The molecule has 0 radical (unpaired) electrons. The lowest BCUT2D eigenvalue weighted by Gasteiger charge is -2.17. The van der Waals surface area contributed by atoms with E-state index in [1.165, 1.54) is 43.3 Å². The molecule has 0 saturated carbocycles. The third-order valence-electron chi connectivity index (χ3n) is 7.39. The molecule has 8 nitrogen and oxygen atoms in total. The lowest BCUT2D eigenvalue weighted by atomic mass is 9.86. The summed E-state index contributed by atoms with van der Waals surface area (Å²) in [6.07, 6.45) is 0. The maximum absolute atomic E-state index is 16.8. The van der Waals surface area contributed by atoms with E-state index >= 15 is 13.2 Å². The van der Waals surface area contributed by atoms with Gasteiger partial charge >= 0.3 is 0 Å². The Balaban J connectivity index is 1.97. The highest BCUT2D eigenvalue weighted by molar-refractivity contribution is 6.18. The first-order chi connectivity index (χ1) is 22.1. The van der Waals surface area contributed by atoms with Crippen LogP contribution in [-0.2, 0) is 0 Å². The third kappa shape index (κ3) is 4.17. The van der Waals surface area contributed by atoms with Crippen LogP contribution in [-0.4, -0.2) is 0 Å². The second-order valence-corrected chi connectivity index (χ2v) is 9.70. The summed E-state index contributed by atoms with van der Waals surface area (Å²) >= 11 is 0. The fourth-order valence-electron chi connectivity index (χ4n) is 5.56. The van der Waals surface area contributed by atoms with Crippen LogP contribution in [0.1, 0.15) is 50.1 Å². The summed E-state index contributed by atoms with van der Waals surface area (Å²) < 4.78 is 49.2. The first kappa shape index (κ1) is 29.8. The molecule has 210 valence electrons. The second kappa shape index (κ2) is 11.2. The van der Waals surface area contributed by atoms with Crippen molar-refractivity contribution >= 4 is 45.1 Å². The molecule has 3 aromatic rings. The van der Waals surface area contributed by atoms with Crippen LogP contribution in [0.25, 0.3) is 53.1 Å². The molecule has 0 aliphatic heterocycles. The van der Waals surface area contributed by atoms with Gasteiger partial charge in [0.1, 0.15) is 29.6 Å². The highest BCUT2D eigenvalue weighted by atomic mass is 19.1. The molecule has 46 heavy (non-hydrogen) atoms. The molecule has 0 N–H and O–H groups in total. The number of fused-ring (bicyclic) bond motifs is 2. The standard InChI is InChI=1S/C35H9F3N8/c1-16-25-28(24(15-42)31(36)30(25)34(45-4)20-7-17(12-39)6-18(8-20)13-40)32(37)29-26(16)35(46-5)33(38)27(29)23(14-41)19-9-21(43-2)11-22(10-19)44-3/h6-11H,1H3/b27-23-,34-30+. The number of hydrogen-bond acceptors (Lipinski definition) is 4. The first-order valence-electron chi connectivity index (χ1n) is 12.7. The fraction of sp³-hybridized carbons (Fsp3) is 0.0286. The van der Waals surface area contributed by atoms with Crippen molar-refractivity contribution in [3.05, 3.63) is 150 Å². The molecule has 0 aromatic heterocycles. The van der Waals surface area contributed by atoms with E-state index in [0.29, 0.717) is 0 Å². The van der Waals surface area contributed by atoms with Crippen molar-refractivity contribution in [1.29, 1.82) is 21.0 Å². The maximum Gasteiger partial charge on any atom is 0.230 e. The Morgan fingerprint density at radius 3 is 1.74 bits per heavy atom. The molecule has 0 unspecified atom stereocenters. The van der Waals surface area contributed by atoms with Crippen LogP contribution in [0.5, 0.6) is 0 Å². The summed E-state index contributed by atoms with van der Waals surface area (Å²) in [7, 11) is 0. The van der Waals surface area contributed by atoms with Crippen LogP contribution < -0.4 is 0 Å². The zero-order valence-electron chi connectivity index (χ0n) is 23.2. The van der Waals surface area contributed by atoms with Gasteiger partial charge < -0.3 is 0 Å². The molecule has 3 aromatic carbocycles. The molecule has 0 atom stereocenters. The minimum absolute atomic E-state index is 0.0291. The van der Waals surface area contributed by atoms with Crippen LogP contribution in [0.2, 0.25) is 0 Å². The summed E-state index contributed by atoms with van der Waals surface area (Å²) in [5.41, 5.74) is -6.06. The van der Waals surface area contributed by atoms with Crippen molar-refractivity contribution in [3.63, 3.8) is 0 Å². The van der Waals surface area contributed by atoms with Gasteiger partial charge in [-0.25, -0.2) is 32.6 Å². The van der Waals surface area contributed by atoms with Gasteiger partial charge in [-0.3, -0.25) is 0 Å². The van der Waals surface area contributed by atoms with E-state index in [4.69, 9.17) is 26.3 Å². The number of nitrogens with zero attached hydrogens (tertiary/aromatic N) is 8. The van der Waals surface area contributed by atoms with E-state index in [1.54, 1.807) is 12.1 Å². The summed E-state index contributed by atoms with van der Waals surface area (Å²) in [5, 5.41) is 39.0. The molecule has 0 saturated heterocycles. The summed E-state index contributed by atoms with van der Waals surface area (Å²) in [6.45, 7) is 31.6. The topological polar surface area (TPSA) is 113 Å². The lowest BCUT2D eigenvalue weighted by Crippen LogP contribution is -2.04. The Morgan fingerprint density at radius 1 is 0.652 bits per heavy atom. The predicted octanol–water partition coefficient (Wildman–Crippen LogP) is 8.99. The van der Waals surface area contributed by atoms with Crippen molar-refractivity contribution in [1.82, 2.24) is 0 Å². The first-order valence-corrected chi connectivity index (χ1v) is 12.7. The van der Waals surface area contributed by atoms with Crippen LogP contribution in [0, 0.1) is 84.4 Å². The normalized spacial score (nSPS) is 14.7. The van der Waals surface area contributed by atoms with E-state index < -0.39 is 62.3 Å². The highest BCUT2D eigenvalue weighted by Gasteiger charge is 2.42. The van der Waals surface area contributed by atoms with Gasteiger partial charge in [0.15, 0.2) is 11.4 Å². The summed E-state index contributed by atoms with van der Waals surface area (Å²) in [4.78, 5) is 13.2. The number of nitriles is 4. The van der Waals surface area contributed by atoms with Crippen molar-refractivity contribution in [2.45, 2.75) is 6.92 Å². The highest BCUT2D eigenvalue weighted by Crippen LogP contribution is 2.56. The molecule has 11 heteroatoms. The largest absolute Gasteiger partial charge is 0.239 e. The summed E-state index contributed by atoms with van der Waals surface area (Å²) in [5.74, 6) is -3.92. The molecule has 0 spiro atoms. The molecule has 0 amide bonds. The van der Waals surface area contributed by atoms with Crippen molar-refractivity contribution < 1.29 is 13.2 Å². The van der Waals surface area contributed by atoms with E-state index in [-0.39, 0.29) is 50.3 Å². The van der Waals surface area contributed by atoms with Gasteiger partial charge in [-0.2, -0.15) is 21.0 Å².